The van der Waals surface area contributed by atoms with E-state index >= 15 is 0 Å². The van der Waals surface area contributed by atoms with E-state index in [-0.39, 0.29) is 23.5 Å². The average Bonchev–Trinajstić information content (AvgIpc) is 3.53. The number of aliphatic imine (C=N–C) groups is 1. The predicted molar refractivity (Wildman–Crippen MR) is 107 cm³/mol. The first-order valence-corrected chi connectivity index (χ1v) is 9.68. The van der Waals surface area contributed by atoms with E-state index in [0.29, 0.717) is 23.3 Å². The van der Waals surface area contributed by atoms with Gasteiger partial charge in [0, 0.05) is 14.2 Å². The van der Waals surface area contributed by atoms with Gasteiger partial charge in [-0.25, -0.2) is 4.99 Å². The zero-order valence-corrected chi connectivity index (χ0v) is 16.8. The number of nitrogens with two attached hydrogens (primary N) is 1. The lowest BCUT2D eigenvalue weighted by atomic mass is 9.81. The number of hydrogen-bond donors (Lipinski definition) is 1. The molecule has 2 N–H and O–H groups in total. The molecule has 0 aromatic heterocycles. The van der Waals surface area contributed by atoms with Gasteiger partial charge in [-0.2, -0.15) is 8.78 Å². The Hall–Kier alpha value is -3.00. The number of nitrogens with zero attached hydrogens (tertiary/aromatic N) is 2. The van der Waals surface area contributed by atoms with Gasteiger partial charge >= 0.3 is 6.61 Å². The molecule has 1 aliphatic carbocycles. The number of hydrogen-bond acceptors (Lipinski definition) is 5. The van der Waals surface area contributed by atoms with Crippen molar-refractivity contribution in [1.29, 1.82) is 0 Å². The Bertz CT molecular complexity index is 1010. The quantitative estimate of drug-likeness (QED) is 0.753. The zero-order chi connectivity index (χ0) is 21.5. The summed E-state index contributed by atoms with van der Waals surface area (Å²) in [6.45, 7) is -2.54. The second kappa shape index (κ2) is 7.68. The SMILES string of the molecule is COCc1cccc(C2(c3ccc(OC(F)F)c(C4CC4)c3)N=C(N)N(C)C2=O)c1. The highest BCUT2D eigenvalue weighted by atomic mass is 19.3. The van der Waals surface area contributed by atoms with Gasteiger partial charge in [0.15, 0.2) is 11.5 Å². The van der Waals surface area contributed by atoms with Crippen LogP contribution in [0, 0.1) is 0 Å². The standard InChI is InChI=1S/C22H23F2N3O3/c1-27-19(28)22(26-21(27)25,15-5-3-4-13(10-15)12-29-2)16-8-9-18(30-20(23)24)17(11-16)14-6-7-14/h3-5,8-11,14,20H,6-7,12H2,1-2H3,(H2,25,26). The molecule has 1 heterocycles. The smallest absolute Gasteiger partial charge is 0.387 e. The summed E-state index contributed by atoms with van der Waals surface area (Å²) < 4.78 is 35.7. The van der Waals surface area contributed by atoms with E-state index < -0.39 is 12.2 Å². The largest absolute Gasteiger partial charge is 0.435 e. The monoisotopic (exact) mass is 415 g/mol. The van der Waals surface area contributed by atoms with E-state index in [1.54, 1.807) is 26.3 Å². The highest BCUT2D eigenvalue weighted by Crippen LogP contribution is 2.48. The maximum atomic E-state index is 13.4. The summed E-state index contributed by atoms with van der Waals surface area (Å²) in [6, 6.07) is 12.3. The van der Waals surface area contributed by atoms with Crippen molar-refractivity contribution >= 4 is 11.9 Å². The average molecular weight is 415 g/mol. The van der Waals surface area contributed by atoms with Crippen molar-refractivity contribution in [3.63, 3.8) is 0 Å². The molecule has 6 nitrogen and oxygen atoms in total. The number of carbonyl (C=O) groups is 1. The van der Waals surface area contributed by atoms with E-state index in [1.165, 1.54) is 11.0 Å². The van der Waals surface area contributed by atoms with Crippen LogP contribution in [0.2, 0.25) is 0 Å². The molecular weight excluding hydrogens is 392 g/mol. The second-order valence-corrected chi connectivity index (χ2v) is 7.58. The Kier molecular flexibility index (Phi) is 5.19. The molecule has 1 saturated carbocycles. The number of amides is 1. The Morgan fingerprint density at radius 1 is 1.23 bits per heavy atom. The number of methoxy groups -OCH3 is 1. The van der Waals surface area contributed by atoms with Gasteiger partial charge < -0.3 is 15.2 Å². The summed E-state index contributed by atoms with van der Waals surface area (Å²) in [4.78, 5) is 19.3. The lowest BCUT2D eigenvalue weighted by Gasteiger charge is -2.27. The van der Waals surface area contributed by atoms with Crippen LogP contribution in [0.15, 0.2) is 47.5 Å². The van der Waals surface area contributed by atoms with Gasteiger partial charge in [0.25, 0.3) is 5.91 Å². The first kappa shape index (κ1) is 20.3. The third kappa shape index (κ3) is 3.41. The number of alkyl halides is 2. The number of rotatable bonds is 7. The third-order valence-electron chi connectivity index (χ3n) is 5.56. The molecule has 8 heteroatoms. The number of ether oxygens (including phenoxy) is 2. The number of guanidine groups is 1. The Labute approximate surface area is 173 Å². The molecule has 0 saturated heterocycles. The fourth-order valence-corrected chi connectivity index (χ4v) is 3.93. The van der Waals surface area contributed by atoms with Crippen molar-refractivity contribution in [2.75, 3.05) is 14.2 Å². The lowest BCUT2D eigenvalue weighted by molar-refractivity contribution is -0.129. The highest BCUT2D eigenvalue weighted by Gasteiger charge is 2.50. The van der Waals surface area contributed by atoms with E-state index in [0.717, 1.165) is 18.4 Å². The molecular formula is C22H23F2N3O3. The second-order valence-electron chi connectivity index (χ2n) is 7.58. The lowest BCUT2D eigenvalue weighted by Crippen LogP contribution is -2.41. The molecule has 0 bridgehead atoms. The molecule has 1 atom stereocenters. The van der Waals surface area contributed by atoms with Gasteiger partial charge in [-0.05, 0) is 53.1 Å². The van der Waals surface area contributed by atoms with Crippen LogP contribution in [0.25, 0.3) is 0 Å². The van der Waals surface area contributed by atoms with E-state index in [1.807, 2.05) is 24.3 Å². The molecule has 158 valence electrons. The van der Waals surface area contributed by atoms with Gasteiger partial charge in [-0.3, -0.25) is 9.69 Å². The minimum Gasteiger partial charge on any atom is -0.435 e. The van der Waals surface area contributed by atoms with Crippen molar-refractivity contribution in [1.82, 2.24) is 4.90 Å². The Morgan fingerprint density at radius 3 is 2.57 bits per heavy atom. The minimum atomic E-state index is -2.92. The number of likely N-dealkylation sites (N-methyl/N-ethyl adjacent to an activating group) is 1. The summed E-state index contributed by atoms with van der Waals surface area (Å²) in [5.41, 5.74) is 7.38. The minimum absolute atomic E-state index is 0.0954. The van der Waals surface area contributed by atoms with Crippen molar-refractivity contribution in [3.05, 3.63) is 64.7 Å². The molecule has 1 amide bonds. The number of halogens is 2. The predicted octanol–water partition coefficient (Wildman–Crippen LogP) is 3.34. The number of benzene rings is 2. The van der Waals surface area contributed by atoms with Gasteiger partial charge in [-0.15, -0.1) is 0 Å². The summed E-state index contributed by atoms with van der Waals surface area (Å²) >= 11 is 0. The van der Waals surface area contributed by atoms with Crippen molar-refractivity contribution in [2.45, 2.75) is 37.5 Å². The normalized spacial score (nSPS) is 21.3. The van der Waals surface area contributed by atoms with Crippen molar-refractivity contribution < 1.29 is 23.0 Å². The molecule has 1 aliphatic heterocycles. The van der Waals surface area contributed by atoms with Crippen LogP contribution in [0.3, 0.4) is 0 Å². The Morgan fingerprint density at radius 2 is 1.97 bits per heavy atom. The molecule has 1 fully saturated rings. The van der Waals surface area contributed by atoms with E-state index in [2.05, 4.69) is 4.99 Å². The van der Waals surface area contributed by atoms with E-state index in [4.69, 9.17) is 15.2 Å². The van der Waals surface area contributed by atoms with E-state index in [9.17, 15) is 13.6 Å². The third-order valence-corrected chi connectivity index (χ3v) is 5.56. The molecule has 1 unspecified atom stereocenters. The van der Waals surface area contributed by atoms with Gasteiger partial charge in [-0.1, -0.05) is 30.3 Å². The van der Waals surface area contributed by atoms with Crippen LogP contribution in [0.5, 0.6) is 5.75 Å². The van der Waals surface area contributed by atoms with Crippen LogP contribution in [0.4, 0.5) is 8.78 Å². The molecule has 4 rings (SSSR count). The Balaban J connectivity index is 1.89. The molecule has 0 radical (unpaired) electrons. The van der Waals surface area contributed by atoms with Gasteiger partial charge in [0.1, 0.15) is 5.75 Å². The molecule has 30 heavy (non-hydrogen) atoms. The summed E-state index contributed by atoms with van der Waals surface area (Å²) in [5.74, 6) is 0.0540. The summed E-state index contributed by atoms with van der Waals surface area (Å²) in [7, 11) is 3.16. The van der Waals surface area contributed by atoms with Crippen molar-refractivity contribution in [2.24, 2.45) is 10.7 Å². The van der Waals surface area contributed by atoms with Crippen LogP contribution in [0.1, 0.15) is 41.0 Å². The topological polar surface area (TPSA) is 77.2 Å². The van der Waals surface area contributed by atoms with Crippen molar-refractivity contribution in [3.8, 4) is 5.75 Å². The van der Waals surface area contributed by atoms with Gasteiger partial charge in [0.2, 0.25) is 0 Å². The van der Waals surface area contributed by atoms with Crippen LogP contribution >= 0.6 is 0 Å². The molecule has 2 aromatic carbocycles. The fourth-order valence-electron chi connectivity index (χ4n) is 3.93. The molecule has 0 spiro atoms. The van der Waals surface area contributed by atoms with Gasteiger partial charge in [0.05, 0.1) is 6.61 Å². The molecule has 2 aliphatic rings. The van der Waals surface area contributed by atoms with Crippen LogP contribution in [-0.4, -0.2) is 37.5 Å². The maximum Gasteiger partial charge on any atom is 0.387 e. The summed E-state index contributed by atoms with van der Waals surface area (Å²) in [6.07, 6.45) is 1.78. The summed E-state index contributed by atoms with van der Waals surface area (Å²) in [5, 5.41) is 0. The first-order chi connectivity index (χ1) is 14.4. The molecule has 2 aromatic rings. The van der Waals surface area contributed by atoms with Crippen LogP contribution < -0.4 is 10.5 Å². The first-order valence-electron chi connectivity index (χ1n) is 9.68. The maximum absolute atomic E-state index is 13.4. The fraction of sp³-hybridized carbons (Fsp3) is 0.364. The number of carbonyl (C=O) groups excluding carboxylic acids is 1. The zero-order valence-electron chi connectivity index (χ0n) is 16.8. The highest BCUT2D eigenvalue weighted by molar-refractivity contribution is 6.09. The van der Waals surface area contributed by atoms with Crippen LogP contribution in [-0.2, 0) is 21.7 Å².